The summed E-state index contributed by atoms with van der Waals surface area (Å²) in [5, 5.41) is 0. The second kappa shape index (κ2) is 9.89. The van der Waals surface area contributed by atoms with Crippen molar-refractivity contribution in [2.75, 3.05) is 6.61 Å². The van der Waals surface area contributed by atoms with Crippen LogP contribution in [-0.2, 0) is 14.3 Å². The van der Waals surface area contributed by atoms with Gasteiger partial charge >= 0.3 is 6.16 Å². The van der Waals surface area contributed by atoms with Gasteiger partial charge in [0.2, 0.25) is 0 Å². The lowest BCUT2D eigenvalue weighted by Gasteiger charge is -2.58. The zero-order valence-electron chi connectivity index (χ0n) is 20.7. The summed E-state index contributed by atoms with van der Waals surface area (Å²) >= 11 is 0. The van der Waals surface area contributed by atoms with Crippen molar-refractivity contribution < 1.29 is 19.1 Å². The Kier molecular flexibility index (Phi) is 7.36. The molecule has 3 fully saturated rings. The minimum absolute atomic E-state index is 0.0265. The standard InChI is InChI=1S/C28H44O4/c1-5-7-8-9-14-31-27(30)32-24-13-12-23-26-19(6-2)15-20-16-21(29)10-11-22(20)25(26)18(3)17-28(23,24)4/h16,18-19,22-26H,5-15,17H2,1-4H3/t18-,19+,22-,23-,24-,25+,26-,28-/m0/s1. The number of fused-ring (bicyclic) bond motifs is 5. The van der Waals surface area contributed by atoms with Crippen LogP contribution >= 0.6 is 0 Å². The van der Waals surface area contributed by atoms with Crippen LogP contribution in [0.1, 0.15) is 98.3 Å². The second-order valence-corrected chi connectivity index (χ2v) is 11.5. The highest BCUT2D eigenvalue weighted by Gasteiger charge is 2.61. The predicted molar refractivity (Wildman–Crippen MR) is 126 cm³/mol. The van der Waals surface area contributed by atoms with Crippen molar-refractivity contribution in [2.45, 2.75) is 104 Å². The van der Waals surface area contributed by atoms with Crippen LogP contribution in [0, 0.1) is 40.9 Å². The quantitative estimate of drug-likeness (QED) is 0.310. The number of rotatable bonds is 7. The highest BCUT2D eigenvalue weighted by Crippen LogP contribution is 2.65. The van der Waals surface area contributed by atoms with Crippen LogP contribution in [0.15, 0.2) is 11.6 Å². The Labute approximate surface area is 194 Å². The molecule has 0 spiro atoms. The number of hydrogen-bond acceptors (Lipinski definition) is 4. The third-order valence-corrected chi connectivity index (χ3v) is 9.66. The summed E-state index contributed by atoms with van der Waals surface area (Å²) < 4.78 is 11.4. The van der Waals surface area contributed by atoms with E-state index >= 15 is 0 Å². The molecular weight excluding hydrogens is 400 g/mol. The highest BCUT2D eigenvalue weighted by molar-refractivity contribution is 5.91. The maximum absolute atomic E-state index is 12.5. The third-order valence-electron chi connectivity index (χ3n) is 9.66. The van der Waals surface area contributed by atoms with Crippen molar-refractivity contribution >= 4 is 11.9 Å². The normalized spacial score (nSPS) is 40.7. The fourth-order valence-corrected chi connectivity index (χ4v) is 8.33. The Hall–Kier alpha value is -1.32. The summed E-state index contributed by atoms with van der Waals surface area (Å²) in [4.78, 5) is 24.6. The fraction of sp³-hybridized carbons (Fsp3) is 0.857. The fourth-order valence-electron chi connectivity index (χ4n) is 8.33. The molecule has 0 aromatic rings. The van der Waals surface area contributed by atoms with Gasteiger partial charge in [-0.1, -0.05) is 59.0 Å². The highest BCUT2D eigenvalue weighted by atomic mass is 16.7. The first-order chi connectivity index (χ1) is 15.4. The Morgan fingerprint density at radius 1 is 1.12 bits per heavy atom. The average molecular weight is 445 g/mol. The molecule has 0 amide bonds. The van der Waals surface area contributed by atoms with Gasteiger partial charge in [0.15, 0.2) is 5.78 Å². The van der Waals surface area contributed by atoms with Crippen LogP contribution in [0.4, 0.5) is 4.79 Å². The molecule has 0 heterocycles. The molecule has 3 saturated carbocycles. The molecule has 0 saturated heterocycles. The molecule has 4 heteroatoms. The molecule has 4 aliphatic rings. The molecule has 8 atom stereocenters. The van der Waals surface area contributed by atoms with E-state index in [0.717, 1.165) is 51.4 Å². The minimum Gasteiger partial charge on any atom is -0.434 e. The molecule has 4 rings (SSSR count). The zero-order valence-corrected chi connectivity index (χ0v) is 20.7. The molecule has 4 nitrogen and oxygen atoms in total. The predicted octanol–water partition coefficient (Wildman–Crippen LogP) is 7.11. The van der Waals surface area contributed by atoms with Gasteiger partial charge < -0.3 is 9.47 Å². The van der Waals surface area contributed by atoms with E-state index in [1.54, 1.807) is 0 Å². The Bertz CT molecular complexity index is 727. The van der Waals surface area contributed by atoms with Gasteiger partial charge in [-0.05, 0) is 80.1 Å². The van der Waals surface area contributed by atoms with E-state index in [9.17, 15) is 9.59 Å². The summed E-state index contributed by atoms with van der Waals surface area (Å²) in [6.07, 6.45) is 13.2. The zero-order chi connectivity index (χ0) is 22.9. The van der Waals surface area contributed by atoms with Crippen LogP contribution in [0.25, 0.3) is 0 Å². The molecule has 0 aromatic heterocycles. The van der Waals surface area contributed by atoms with Crippen molar-refractivity contribution in [3.63, 3.8) is 0 Å². The molecule has 4 aliphatic carbocycles. The van der Waals surface area contributed by atoms with E-state index in [2.05, 4.69) is 27.7 Å². The van der Waals surface area contributed by atoms with Crippen LogP contribution in [-0.4, -0.2) is 24.6 Å². The molecule has 180 valence electrons. The summed E-state index contributed by atoms with van der Waals surface area (Å²) in [5.74, 6) is 4.12. The van der Waals surface area contributed by atoms with Gasteiger partial charge in [0.1, 0.15) is 6.10 Å². The molecule has 0 radical (unpaired) electrons. The Morgan fingerprint density at radius 3 is 2.69 bits per heavy atom. The van der Waals surface area contributed by atoms with E-state index in [-0.39, 0.29) is 11.5 Å². The van der Waals surface area contributed by atoms with E-state index in [1.165, 1.54) is 24.8 Å². The van der Waals surface area contributed by atoms with Gasteiger partial charge in [0.05, 0.1) is 6.61 Å². The van der Waals surface area contributed by atoms with Crippen LogP contribution in [0.5, 0.6) is 0 Å². The van der Waals surface area contributed by atoms with E-state index in [1.807, 2.05) is 6.08 Å². The largest absolute Gasteiger partial charge is 0.508 e. The maximum atomic E-state index is 12.5. The number of ether oxygens (including phenoxy) is 2. The SMILES string of the molecule is CCCCCCOC(=O)O[C@H]1CC[C@H]2[C@@H]3[C@H](CC)CC4=CC(=O)CC[C@@H]4[C@H]3[C@@H](C)C[C@]12C. The number of allylic oxidation sites excluding steroid dienone is 1. The summed E-state index contributed by atoms with van der Waals surface area (Å²) in [5.41, 5.74) is 1.49. The molecule has 0 bridgehead atoms. The smallest absolute Gasteiger partial charge is 0.434 e. The van der Waals surface area contributed by atoms with Crippen LogP contribution < -0.4 is 0 Å². The number of carbonyl (C=O) groups excluding carboxylic acids is 2. The minimum atomic E-state index is -0.463. The first-order valence-corrected chi connectivity index (χ1v) is 13.5. The van der Waals surface area contributed by atoms with Crippen molar-refractivity contribution in [3.05, 3.63) is 11.6 Å². The topological polar surface area (TPSA) is 52.6 Å². The first-order valence-electron chi connectivity index (χ1n) is 13.5. The van der Waals surface area contributed by atoms with Gasteiger partial charge in [-0.3, -0.25) is 4.79 Å². The van der Waals surface area contributed by atoms with Gasteiger partial charge in [0.25, 0.3) is 0 Å². The lowest BCUT2D eigenvalue weighted by molar-refractivity contribution is -0.120. The molecule has 0 unspecified atom stereocenters. The summed E-state index contributed by atoms with van der Waals surface area (Å²) in [6, 6.07) is 0. The number of unbranched alkanes of at least 4 members (excludes halogenated alkanes) is 3. The van der Waals surface area contributed by atoms with Crippen molar-refractivity contribution in [1.82, 2.24) is 0 Å². The number of hydrogen-bond donors (Lipinski definition) is 0. The Morgan fingerprint density at radius 2 is 1.94 bits per heavy atom. The van der Waals surface area contributed by atoms with Gasteiger partial charge in [-0.25, -0.2) is 4.79 Å². The van der Waals surface area contributed by atoms with Gasteiger partial charge in [0, 0.05) is 11.8 Å². The monoisotopic (exact) mass is 444 g/mol. The Balaban J connectivity index is 1.46. The van der Waals surface area contributed by atoms with E-state index in [4.69, 9.17) is 9.47 Å². The summed E-state index contributed by atoms with van der Waals surface area (Å²) in [6.45, 7) is 9.79. The molecular formula is C28H44O4. The van der Waals surface area contributed by atoms with Crippen molar-refractivity contribution in [3.8, 4) is 0 Å². The van der Waals surface area contributed by atoms with E-state index in [0.29, 0.717) is 47.9 Å². The van der Waals surface area contributed by atoms with E-state index < -0.39 is 6.16 Å². The molecule has 32 heavy (non-hydrogen) atoms. The molecule has 0 N–H and O–H groups in total. The third kappa shape index (κ3) is 4.40. The molecule has 0 aliphatic heterocycles. The number of ketones is 1. The first kappa shape index (κ1) is 23.8. The maximum Gasteiger partial charge on any atom is 0.508 e. The van der Waals surface area contributed by atoms with Crippen molar-refractivity contribution in [1.29, 1.82) is 0 Å². The summed E-state index contributed by atoms with van der Waals surface area (Å²) in [7, 11) is 0. The lowest BCUT2D eigenvalue weighted by Crippen LogP contribution is -2.54. The average Bonchev–Trinajstić information content (AvgIpc) is 3.07. The van der Waals surface area contributed by atoms with Gasteiger partial charge in [-0.2, -0.15) is 0 Å². The van der Waals surface area contributed by atoms with Crippen molar-refractivity contribution in [2.24, 2.45) is 40.9 Å². The van der Waals surface area contributed by atoms with Gasteiger partial charge in [-0.15, -0.1) is 0 Å². The molecule has 0 aromatic carbocycles. The number of carbonyl (C=O) groups is 2. The van der Waals surface area contributed by atoms with Crippen LogP contribution in [0.3, 0.4) is 0 Å². The van der Waals surface area contributed by atoms with Crippen LogP contribution in [0.2, 0.25) is 0 Å². The lowest BCUT2D eigenvalue weighted by atomic mass is 9.46. The second-order valence-electron chi connectivity index (χ2n) is 11.5.